The van der Waals surface area contributed by atoms with E-state index in [-0.39, 0.29) is 49.5 Å². The molecule has 0 aromatic heterocycles. The maximum atomic E-state index is 13.1. The van der Waals surface area contributed by atoms with Crippen molar-refractivity contribution in [2.75, 3.05) is 26.2 Å². The van der Waals surface area contributed by atoms with Gasteiger partial charge in [0.1, 0.15) is 6.54 Å². The van der Waals surface area contributed by atoms with Crippen LogP contribution in [0.1, 0.15) is 51.2 Å². The molecule has 3 rings (SSSR count). The second-order valence-corrected chi connectivity index (χ2v) is 8.43. The van der Waals surface area contributed by atoms with Crippen molar-refractivity contribution < 1.29 is 23.9 Å². The van der Waals surface area contributed by atoms with E-state index in [2.05, 4.69) is 0 Å². The number of ether oxygens (including phenoxy) is 2. The largest absolute Gasteiger partial charge is 0.463 e. The Labute approximate surface area is 184 Å². The third-order valence-corrected chi connectivity index (χ3v) is 5.83. The average molecular weight is 429 g/mol. The topological polar surface area (TPSA) is 76.2 Å². The SMILES string of the molecule is CCOC(=O)C1=C(C)N(CC(=O)N2C[C@@H](C)O[C@H](C)C2)C(=O)C[C@H]1c1cccc(C)c1. The quantitative estimate of drug-likeness (QED) is 0.674. The van der Waals surface area contributed by atoms with E-state index in [0.29, 0.717) is 24.4 Å². The summed E-state index contributed by atoms with van der Waals surface area (Å²) in [6, 6.07) is 7.81. The third kappa shape index (κ3) is 5.15. The van der Waals surface area contributed by atoms with Crippen LogP contribution in [0.2, 0.25) is 0 Å². The van der Waals surface area contributed by atoms with E-state index >= 15 is 0 Å². The average Bonchev–Trinajstić information content (AvgIpc) is 2.69. The zero-order valence-corrected chi connectivity index (χ0v) is 19.0. The van der Waals surface area contributed by atoms with Crippen molar-refractivity contribution in [3.63, 3.8) is 0 Å². The summed E-state index contributed by atoms with van der Waals surface area (Å²) < 4.78 is 11.0. The van der Waals surface area contributed by atoms with Crippen molar-refractivity contribution in [3.05, 3.63) is 46.7 Å². The second kappa shape index (κ2) is 9.64. The molecule has 0 N–H and O–H groups in total. The van der Waals surface area contributed by atoms with Gasteiger partial charge >= 0.3 is 5.97 Å². The first-order valence-electron chi connectivity index (χ1n) is 10.9. The van der Waals surface area contributed by atoms with Crippen molar-refractivity contribution in [1.82, 2.24) is 9.80 Å². The Bertz CT molecular complexity index is 884. The van der Waals surface area contributed by atoms with Crippen molar-refractivity contribution in [2.24, 2.45) is 0 Å². The van der Waals surface area contributed by atoms with Crippen LogP contribution in [-0.2, 0) is 23.9 Å². The number of amides is 2. The summed E-state index contributed by atoms with van der Waals surface area (Å²) in [7, 11) is 0. The molecule has 0 bridgehead atoms. The number of benzene rings is 1. The number of carbonyl (C=O) groups excluding carboxylic acids is 3. The van der Waals surface area contributed by atoms with Crippen LogP contribution in [0.15, 0.2) is 35.5 Å². The van der Waals surface area contributed by atoms with E-state index in [1.165, 1.54) is 4.90 Å². The number of aryl methyl sites for hydroxylation is 1. The van der Waals surface area contributed by atoms with Gasteiger partial charge in [-0.1, -0.05) is 29.8 Å². The lowest BCUT2D eigenvalue weighted by Gasteiger charge is -2.38. The van der Waals surface area contributed by atoms with Gasteiger partial charge in [0.05, 0.1) is 24.4 Å². The predicted molar refractivity (Wildman–Crippen MR) is 116 cm³/mol. The number of carbonyl (C=O) groups is 3. The van der Waals surface area contributed by atoms with Crippen molar-refractivity contribution >= 4 is 17.8 Å². The maximum absolute atomic E-state index is 13.1. The Morgan fingerprint density at radius 1 is 1.16 bits per heavy atom. The summed E-state index contributed by atoms with van der Waals surface area (Å²) in [6.45, 7) is 10.5. The van der Waals surface area contributed by atoms with Crippen molar-refractivity contribution in [2.45, 2.75) is 59.2 Å². The summed E-state index contributed by atoms with van der Waals surface area (Å²) >= 11 is 0. The number of esters is 1. The van der Waals surface area contributed by atoms with Gasteiger partial charge in [-0.3, -0.25) is 9.59 Å². The number of allylic oxidation sites excluding steroid dienone is 1. The molecule has 2 heterocycles. The molecule has 7 heteroatoms. The predicted octanol–water partition coefficient (Wildman–Crippen LogP) is 2.78. The Morgan fingerprint density at radius 2 is 1.84 bits per heavy atom. The third-order valence-electron chi connectivity index (χ3n) is 5.83. The summed E-state index contributed by atoms with van der Waals surface area (Å²) in [4.78, 5) is 42.1. The van der Waals surface area contributed by atoms with Gasteiger partial charge in [0.2, 0.25) is 11.8 Å². The van der Waals surface area contributed by atoms with Gasteiger partial charge in [-0.2, -0.15) is 0 Å². The number of hydrogen-bond acceptors (Lipinski definition) is 5. The lowest BCUT2D eigenvalue weighted by Crippen LogP contribution is -2.52. The normalized spacial score (nSPS) is 24.4. The van der Waals surface area contributed by atoms with Crippen LogP contribution in [0, 0.1) is 6.92 Å². The molecule has 2 aliphatic heterocycles. The number of hydrogen-bond donors (Lipinski definition) is 0. The maximum Gasteiger partial charge on any atom is 0.336 e. The van der Waals surface area contributed by atoms with Gasteiger partial charge in [0.15, 0.2) is 0 Å². The second-order valence-electron chi connectivity index (χ2n) is 8.43. The van der Waals surface area contributed by atoms with Gasteiger partial charge in [0.25, 0.3) is 0 Å². The fourth-order valence-electron chi connectivity index (χ4n) is 4.47. The van der Waals surface area contributed by atoms with E-state index in [4.69, 9.17) is 9.47 Å². The zero-order valence-electron chi connectivity index (χ0n) is 19.0. The van der Waals surface area contributed by atoms with Crippen LogP contribution in [0.5, 0.6) is 0 Å². The lowest BCUT2D eigenvalue weighted by molar-refractivity contribution is -0.148. The molecule has 0 aliphatic carbocycles. The minimum absolute atomic E-state index is 0.0535. The summed E-state index contributed by atoms with van der Waals surface area (Å²) in [5, 5.41) is 0. The van der Waals surface area contributed by atoms with E-state index in [1.807, 2.05) is 45.0 Å². The Balaban J connectivity index is 1.91. The summed E-state index contributed by atoms with van der Waals surface area (Å²) in [5.41, 5.74) is 2.89. The Hall–Kier alpha value is -2.67. The van der Waals surface area contributed by atoms with Gasteiger partial charge < -0.3 is 19.3 Å². The van der Waals surface area contributed by atoms with Crippen LogP contribution in [0.25, 0.3) is 0 Å². The van der Waals surface area contributed by atoms with Crippen molar-refractivity contribution in [1.29, 1.82) is 0 Å². The number of morpholine rings is 1. The molecule has 0 unspecified atom stereocenters. The highest BCUT2D eigenvalue weighted by molar-refractivity contribution is 5.97. The summed E-state index contributed by atoms with van der Waals surface area (Å²) in [6.07, 6.45) is 0.0161. The minimum Gasteiger partial charge on any atom is -0.463 e. The first-order chi connectivity index (χ1) is 14.7. The molecule has 1 aromatic carbocycles. The molecule has 1 fully saturated rings. The van der Waals surface area contributed by atoms with Crippen LogP contribution in [-0.4, -0.2) is 66.0 Å². The molecule has 2 aliphatic rings. The fourth-order valence-corrected chi connectivity index (χ4v) is 4.47. The number of nitrogens with zero attached hydrogens (tertiary/aromatic N) is 2. The summed E-state index contributed by atoms with van der Waals surface area (Å²) in [5.74, 6) is -1.14. The first-order valence-corrected chi connectivity index (χ1v) is 10.9. The molecule has 1 aromatic rings. The van der Waals surface area contributed by atoms with Crippen LogP contribution in [0.3, 0.4) is 0 Å². The molecule has 0 saturated carbocycles. The molecule has 2 amide bonds. The molecule has 0 radical (unpaired) electrons. The highest BCUT2D eigenvalue weighted by Gasteiger charge is 2.38. The van der Waals surface area contributed by atoms with Gasteiger partial charge in [-0.15, -0.1) is 0 Å². The number of rotatable bonds is 5. The smallest absolute Gasteiger partial charge is 0.336 e. The van der Waals surface area contributed by atoms with Gasteiger partial charge in [0, 0.05) is 31.1 Å². The highest BCUT2D eigenvalue weighted by Crippen LogP contribution is 2.37. The van der Waals surface area contributed by atoms with Crippen LogP contribution < -0.4 is 0 Å². The van der Waals surface area contributed by atoms with E-state index in [9.17, 15) is 14.4 Å². The van der Waals surface area contributed by atoms with Gasteiger partial charge in [-0.05, 0) is 40.2 Å². The molecular formula is C24H32N2O5. The zero-order chi connectivity index (χ0) is 22.7. The first kappa shape index (κ1) is 23.0. The van der Waals surface area contributed by atoms with E-state index in [0.717, 1.165) is 11.1 Å². The molecular weight excluding hydrogens is 396 g/mol. The Kier molecular flexibility index (Phi) is 7.15. The van der Waals surface area contributed by atoms with Gasteiger partial charge in [-0.25, -0.2) is 4.79 Å². The van der Waals surface area contributed by atoms with E-state index < -0.39 is 5.97 Å². The standard InChI is InChI=1S/C24H32N2O5/c1-6-30-24(29)23-18(5)26(14-22(28)25-12-16(3)31-17(4)13-25)21(27)11-20(23)19-9-7-8-15(2)10-19/h7-10,16-17,20H,6,11-14H2,1-5H3/t16-,17-,20+/m1/s1. The van der Waals surface area contributed by atoms with Crippen molar-refractivity contribution in [3.8, 4) is 0 Å². The Morgan fingerprint density at radius 3 is 2.45 bits per heavy atom. The lowest BCUT2D eigenvalue weighted by atomic mass is 9.83. The molecule has 31 heavy (non-hydrogen) atoms. The fraction of sp³-hybridized carbons (Fsp3) is 0.542. The van der Waals surface area contributed by atoms with Crippen LogP contribution in [0.4, 0.5) is 0 Å². The molecule has 168 valence electrons. The van der Waals surface area contributed by atoms with Crippen LogP contribution >= 0.6 is 0 Å². The molecule has 7 nitrogen and oxygen atoms in total. The molecule has 1 saturated heterocycles. The highest BCUT2D eigenvalue weighted by atomic mass is 16.5. The van der Waals surface area contributed by atoms with E-state index in [1.54, 1.807) is 18.7 Å². The minimum atomic E-state index is -0.440. The monoisotopic (exact) mass is 428 g/mol. The molecule has 3 atom stereocenters. The molecule has 0 spiro atoms.